The molecule has 0 spiro atoms. The zero-order valence-electron chi connectivity index (χ0n) is 11.7. The largest absolute Gasteiger partial charge is 0.288 e. The number of carbonyl (C=O) groups excluding carboxylic acids is 2. The number of nitrogens with zero attached hydrogens (tertiary/aromatic N) is 1. The van der Waals surface area contributed by atoms with Crippen LogP contribution < -0.4 is 0 Å². The highest BCUT2D eigenvalue weighted by Crippen LogP contribution is 2.29. The lowest BCUT2D eigenvalue weighted by atomic mass is 10.0. The van der Waals surface area contributed by atoms with Crippen LogP contribution in [0, 0.1) is 5.92 Å². The molecule has 0 radical (unpaired) electrons. The summed E-state index contributed by atoms with van der Waals surface area (Å²) in [7, 11) is 0. The molecule has 0 N–H and O–H groups in total. The van der Waals surface area contributed by atoms with Crippen LogP contribution in [-0.2, 0) is 4.79 Å². The number of rotatable bonds is 5. The molecule has 1 atom stereocenters. The highest BCUT2D eigenvalue weighted by Gasteiger charge is 2.37. The minimum absolute atomic E-state index is 0.0397. The molecule has 108 valence electrons. The third-order valence-corrected chi connectivity index (χ3v) is 5.24. The second kappa shape index (κ2) is 7.18. The molecule has 1 saturated heterocycles. The minimum Gasteiger partial charge on any atom is -0.274 e. The van der Waals surface area contributed by atoms with E-state index in [1.165, 1.54) is 16.7 Å². The van der Waals surface area contributed by atoms with Crippen LogP contribution in [0.2, 0.25) is 0 Å². The summed E-state index contributed by atoms with van der Waals surface area (Å²) in [5.41, 5.74) is 0. The molecule has 20 heavy (non-hydrogen) atoms. The van der Waals surface area contributed by atoms with E-state index in [2.05, 4.69) is 13.8 Å². The maximum absolute atomic E-state index is 12.2. The standard InChI is InChI=1S/C15H19NO2S2/c1-11(2)13-10-20-15(18)16(13)14(17)8-9-19-12-6-4-3-5-7-12/h3-7,11,13H,8-10H2,1-2H3/t13-/m1/s1. The van der Waals surface area contributed by atoms with Gasteiger partial charge in [-0.05, 0) is 18.1 Å². The minimum atomic E-state index is -0.0848. The van der Waals surface area contributed by atoms with Gasteiger partial charge >= 0.3 is 0 Å². The molecule has 3 nitrogen and oxygen atoms in total. The van der Waals surface area contributed by atoms with E-state index in [4.69, 9.17) is 0 Å². The molecule has 1 fully saturated rings. The molecule has 5 heteroatoms. The smallest absolute Gasteiger partial charge is 0.274 e. The van der Waals surface area contributed by atoms with E-state index >= 15 is 0 Å². The topological polar surface area (TPSA) is 37.4 Å². The van der Waals surface area contributed by atoms with Crippen LogP contribution >= 0.6 is 23.5 Å². The third-order valence-electron chi connectivity index (χ3n) is 3.27. The summed E-state index contributed by atoms with van der Waals surface area (Å²) >= 11 is 2.91. The lowest BCUT2D eigenvalue weighted by Gasteiger charge is -2.24. The summed E-state index contributed by atoms with van der Waals surface area (Å²) in [6.45, 7) is 4.12. The van der Waals surface area contributed by atoms with Crippen LogP contribution in [0.25, 0.3) is 0 Å². The lowest BCUT2D eigenvalue weighted by Crippen LogP contribution is -2.41. The number of amides is 2. The SMILES string of the molecule is CC(C)[C@H]1CSC(=O)N1C(=O)CCSc1ccccc1. The molecule has 1 aromatic rings. The zero-order chi connectivity index (χ0) is 14.5. The maximum atomic E-state index is 12.2. The molecule has 0 bridgehead atoms. The molecule has 2 rings (SSSR count). The number of carbonyl (C=O) groups is 2. The first-order valence-corrected chi connectivity index (χ1v) is 8.73. The van der Waals surface area contributed by atoms with Gasteiger partial charge in [-0.15, -0.1) is 11.8 Å². The molecular formula is C15H19NO2S2. The quantitative estimate of drug-likeness (QED) is 0.773. The van der Waals surface area contributed by atoms with Crippen LogP contribution in [0.5, 0.6) is 0 Å². The average Bonchev–Trinajstić information content (AvgIpc) is 2.82. The van der Waals surface area contributed by atoms with E-state index in [0.717, 1.165) is 10.6 Å². The van der Waals surface area contributed by atoms with Gasteiger partial charge < -0.3 is 0 Å². The van der Waals surface area contributed by atoms with E-state index in [0.29, 0.717) is 18.1 Å². The molecule has 1 aliphatic rings. The fraction of sp³-hybridized carbons (Fsp3) is 0.467. The first-order valence-electron chi connectivity index (χ1n) is 6.76. The monoisotopic (exact) mass is 309 g/mol. The van der Waals surface area contributed by atoms with Crippen molar-refractivity contribution in [2.24, 2.45) is 5.92 Å². The van der Waals surface area contributed by atoms with Crippen molar-refractivity contribution < 1.29 is 9.59 Å². The van der Waals surface area contributed by atoms with E-state index in [-0.39, 0.29) is 17.2 Å². The number of hydrogen-bond acceptors (Lipinski definition) is 4. The molecule has 0 aliphatic carbocycles. The first-order chi connectivity index (χ1) is 9.59. The molecule has 0 aromatic heterocycles. The Bertz CT molecular complexity index is 476. The van der Waals surface area contributed by atoms with Crippen molar-refractivity contribution in [3.05, 3.63) is 30.3 Å². The van der Waals surface area contributed by atoms with Gasteiger partial charge in [0.25, 0.3) is 5.24 Å². The molecule has 1 aliphatic heterocycles. The number of hydrogen-bond donors (Lipinski definition) is 0. The molecule has 0 saturated carbocycles. The van der Waals surface area contributed by atoms with Gasteiger partial charge in [0, 0.05) is 22.8 Å². The van der Waals surface area contributed by atoms with Crippen molar-refractivity contribution in [3.63, 3.8) is 0 Å². The Labute approximate surface area is 128 Å². The van der Waals surface area contributed by atoms with Gasteiger partial charge in [0.1, 0.15) is 0 Å². The van der Waals surface area contributed by atoms with Crippen LogP contribution in [0.15, 0.2) is 35.2 Å². The van der Waals surface area contributed by atoms with E-state index in [1.54, 1.807) is 11.8 Å². The second-order valence-electron chi connectivity index (χ2n) is 5.06. The first kappa shape index (κ1) is 15.4. The van der Waals surface area contributed by atoms with Crippen molar-refractivity contribution in [1.82, 2.24) is 4.90 Å². The Kier molecular flexibility index (Phi) is 5.54. The number of thioether (sulfide) groups is 2. The fourth-order valence-electron chi connectivity index (χ4n) is 2.11. The van der Waals surface area contributed by atoms with Gasteiger partial charge in [-0.1, -0.05) is 43.8 Å². The molecular weight excluding hydrogens is 290 g/mol. The summed E-state index contributed by atoms with van der Waals surface area (Å²) in [6, 6.07) is 10.1. The van der Waals surface area contributed by atoms with Crippen molar-refractivity contribution in [2.75, 3.05) is 11.5 Å². The van der Waals surface area contributed by atoms with Crippen molar-refractivity contribution >= 4 is 34.7 Å². The Balaban J connectivity index is 1.86. The fourth-order valence-corrected chi connectivity index (χ4v) is 4.19. The Morgan fingerprint density at radius 2 is 2.10 bits per heavy atom. The Morgan fingerprint density at radius 3 is 2.75 bits per heavy atom. The van der Waals surface area contributed by atoms with Gasteiger partial charge in [-0.3, -0.25) is 14.5 Å². The Hall–Kier alpha value is -0.940. The van der Waals surface area contributed by atoms with Crippen molar-refractivity contribution in [1.29, 1.82) is 0 Å². The van der Waals surface area contributed by atoms with Gasteiger partial charge in [0.2, 0.25) is 5.91 Å². The molecule has 0 unspecified atom stereocenters. The predicted octanol–water partition coefficient (Wildman–Crippen LogP) is 3.89. The maximum Gasteiger partial charge on any atom is 0.288 e. The highest BCUT2D eigenvalue weighted by molar-refractivity contribution is 8.14. The van der Waals surface area contributed by atoms with Gasteiger partial charge in [0.15, 0.2) is 0 Å². The number of benzene rings is 1. The summed E-state index contributed by atoms with van der Waals surface area (Å²) in [4.78, 5) is 26.7. The predicted molar refractivity (Wildman–Crippen MR) is 85.1 cm³/mol. The summed E-state index contributed by atoms with van der Waals surface area (Å²) in [5.74, 6) is 1.72. The van der Waals surface area contributed by atoms with Gasteiger partial charge in [-0.25, -0.2) is 0 Å². The Morgan fingerprint density at radius 1 is 1.40 bits per heavy atom. The normalized spacial score (nSPS) is 18.9. The number of imide groups is 1. The van der Waals surface area contributed by atoms with Crippen molar-refractivity contribution in [3.8, 4) is 0 Å². The lowest BCUT2D eigenvalue weighted by molar-refractivity contribution is -0.129. The van der Waals surface area contributed by atoms with Crippen LogP contribution in [0.4, 0.5) is 4.79 Å². The summed E-state index contributed by atoms with van der Waals surface area (Å²) in [5, 5.41) is -0.0848. The summed E-state index contributed by atoms with van der Waals surface area (Å²) < 4.78 is 0. The van der Waals surface area contributed by atoms with Crippen LogP contribution in [0.3, 0.4) is 0 Å². The van der Waals surface area contributed by atoms with Crippen LogP contribution in [-0.4, -0.2) is 33.6 Å². The second-order valence-corrected chi connectivity index (χ2v) is 7.20. The van der Waals surface area contributed by atoms with E-state index < -0.39 is 0 Å². The molecule has 1 aromatic carbocycles. The van der Waals surface area contributed by atoms with E-state index in [9.17, 15) is 9.59 Å². The molecule has 2 amide bonds. The average molecular weight is 309 g/mol. The zero-order valence-corrected chi connectivity index (χ0v) is 13.4. The molecule has 1 heterocycles. The van der Waals surface area contributed by atoms with Gasteiger partial charge in [-0.2, -0.15) is 0 Å². The van der Waals surface area contributed by atoms with Crippen LogP contribution in [0.1, 0.15) is 20.3 Å². The van der Waals surface area contributed by atoms with Gasteiger partial charge in [0.05, 0.1) is 6.04 Å². The van der Waals surface area contributed by atoms with Crippen molar-refractivity contribution in [2.45, 2.75) is 31.2 Å². The summed E-state index contributed by atoms with van der Waals surface area (Å²) in [6.07, 6.45) is 0.412. The van der Waals surface area contributed by atoms with E-state index in [1.807, 2.05) is 30.3 Å². The third kappa shape index (κ3) is 3.79. The highest BCUT2D eigenvalue weighted by atomic mass is 32.2.